The van der Waals surface area contributed by atoms with Crippen LogP contribution in [0.4, 0.5) is 10.1 Å². The second-order valence-corrected chi connectivity index (χ2v) is 8.53. The zero-order valence-corrected chi connectivity index (χ0v) is 18.8. The highest BCUT2D eigenvalue weighted by molar-refractivity contribution is 5.49. The molecule has 0 radical (unpaired) electrons. The summed E-state index contributed by atoms with van der Waals surface area (Å²) in [5.41, 5.74) is 2.16. The second kappa shape index (κ2) is 9.84. The van der Waals surface area contributed by atoms with E-state index in [0.29, 0.717) is 6.54 Å². The fraction of sp³-hybridized carbons (Fsp3) is 0.458. The van der Waals surface area contributed by atoms with Crippen molar-refractivity contribution >= 4 is 5.69 Å². The number of anilines is 1. The van der Waals surface area contributed by atoms with Crippen molar-refractivity contribution in [2.24, 2.45) is 0 Å². The van der Waals surface area contributed by atoms with E-state index in [4.69, 9.17) is 9.47 Å². The molecule has 2 saturated heterocycles. The first-order chi connectivity index (χ1) is 16.2. The van der Waals surface area contributed by atoms with Gasteiger partial charge in [0.1, 0.15) is 11.6 Å². The van der Waals surface area contributed by atoms with Gasteiger partial charge in [0.2, 0.25) is 0 Å². The minimum Gasteiger partial charge on any atom is -0.497 e. The first-order valence-corrected chi connectivity index (χ1v) is 11.5. The van der Waals surface area contributed by atoms with Crippen molar-refractivity contribution in [3.05, 3.63) is 65.7 Å². The van der Waals surface area contributed by atoms with Gasteiger partial charge in [0.25, 0.3) is 0 Å². The first kappa shape index (κ1) is 21.8. The topological polar surface area (TPSA) is 68.5 Å². The number of ether oxygens (including phenoxy) is 2. The number of benzene rings is 2. The molecule has 0 unspecified atom stereocenters. The van der Waals surface area contributed by atoms with E-state index in [-0.39, 0.29) is 18.0 Å². The number of hydrogen-bond acceptors (Lipinski definition) is 7. The third-order valence-corrected chi connectivity index (χ3v) is 6.51. The Kier molecular flexibility index (Phi) is 6.50. The molecule has 0 spiro atoms. The number of tetrazole rings is 1. The number of methoxy groups -OCH3 is 1. The van der Waals surface area contributed by atoms with Gasteiger partial charge in [-0.1, -0.05) is 12.1 Å². The maximum Gasteiger partial charge on any atom is 0.173 e. The van der Waals surface area contributed by atoms with Gasteiger partial charge in [0.05, 0.1) is 25.8 Å². The zero-order valence-electron chi connectivity index (χ0n) is 18.8. The first-order valence-electron chi connectivity index (χ1n) is 11.5. The lowest BCUT2D eigenvalue weighted by Crippen LogP contribution is -2.48. The summed E-state index contributed by atoms with van der Waals surface area (Å²) in [5.74, 6) is 1.38. The average molecular weight is 453 g/mol. The molecule has 33 heavy (non-hydrogen) atoms. The van der Waals surface area contributed by atoms with Crippen LogP contribution in [-0.2, 0) is 11.3 Å². The molecule has 0 aliphatic carbocycles. The number of nitrogens with zero attached hydrogens (tertiary/aromatic N) is 6. The molecule has 0 amide bonds. The summed E-state index contributed by atoms with van der Waals surface area (Å²) >= 11 is 0. The normalized spacial score (nSPS) is 20.2. The van der Waals surface area contributed by atoms with Gasteiger partial charge in [0, 0.05) is 38.5 Å². The van der Waals surface area contributed by atoms with E-state index in [9.17, 15) is 4.39 Å². The van der Waals surface area contributed by atoms with Gasteiger partial charge < -0.3 is 14.4 Å². The molecule has 8 nitrogen and oxygen atoms in total. The lowest BCUT2D eigenvalue weighted by atomic mass is 10.0. The van der Waals surface area contributed by atoms with Crippen LogP contribution in [0.3, 0.4) is 0 Å². The molecule has 9 heteroatoms. The Morgan fingerprint density at radius 1 is 1.06 bits per heavy atom. The largest absolute Gasteiger partial charge is 0.497 e. The van der Waals surface area contributed by atoms with Crippen molar-refractivity contribution in [2.45, 2.75) is 31.5 Å². The molecule has 2 aliphatic heterocycles. The van der Waals surface area contributed by atoms with E-state index in [1.165, 1.54) is 17.8 Å². The highest BCUT2D eigenvalue weighted by Crippen LogP contribution is 2.30. The minimum absolute atomic E-state index is 0.132. The molecule has 174 valence electrons. The van der Waals surface area contributed by atoms with Crippen molar-refractivity contribution < 1.29 is 13.9 Å². The summed E-state index contributed by atoms with van der Waals surface area (Å²) in [6.45, 7) is 4.83. The Bertz CT molecular complexity index is 1030. The van der Waals surface area contributed by atoms with Crippen LogP contribution >= 0.6 is 0 Å². The Balaban J connectivity index is 1.37. The van der Waals surface area contributed by atoms with Gasteiger partial charge >= 0.3 is 0 Å². The number of rotatable bonds is 7. The standard InChI is InChI=1S/C24H29FN6O2/c1-32-21-10-8-20(9-11-21)29-12-14-30(15-13-29)23(18-4-6-19(25)7-5-18)24-26-27-28-31(24)17-22-3-2-16-33-22/h4-11,22-23H,2-3,12-17H2,1H3/t22-,23+/m1/s1. The number of aromatic nitrogens is 4. The van der Waals surface area contributed by atoms with E-state index in [1.54, 1.807) is 7.11 Å². The predicted octanol–water partition coefficient (Wildman–Crippen LogP) is 2.91. The number of halogens is 1. The number of hydrogen-bond donors (Lipinski definition) is 0. The van der Waals surface area contributed by atoms with Gasteiger partial charge in [-0.25, -0.2) is 9.07 Å². The Morgan fingerprint density at radius 3 is 2.48 bits per heavy atom. The van der Waals surface area contributed by atoms with Gasteiger partial charge in [-0.2, -0.15) is 0 Å². The van der Waals surface area contributed by atoms with Crippen molar-refractivity contribution in [3.8, 4) is 5.75 Å². The second-order valence-electron chi connectivity index (χ2n) is 8.53. The van der Waals surface area contributed by atoms with Gasteiger partial charge in [0.15, 0.2) is 5.82 Å². The van der Waals surface area contributed by atoms with Crippen molar-refractivity contribution in [1.29, 1.82) is 0 Å². The molecule has 2 atom stereocenters. The smallest absolute Gasteiger partial charge is 0.173 e. The fourth-order valence-corrected chi connectivity index (χ4v) is 4.72. The Hall–Kier alpha value is -3.04. The molecule has 0 bridgehead atoms. The predicted molar refractivity (Wildman–Crippen MR) is 122 cm³/mol. The summed E-state index contributed by atoms with van der Waals surface area (Å²) in [7, 11) is 1.68. The lowest BCUT2D eigenvalue weighted by Gasteiger charge is -2.40. The van der Waals surface area contributed by atoms with Crippen LogP contribution in [0, 0.1) is 5.82 Å². The third kappa shape index (κ3) is 4.84. The van der Waals surface area contributed by atoms with Crippen LogP contribution in [0.15, 0.2) is 48.5 Å². The summed E-state index contributed by atoms with van der Waals surface area (Å²) in [5, 5.41) is 12.7. The summed E-state index contributed by atoms with van der Waals surface area (Å²) < 4.78 is 26.6. The van der Waals surface area contributed by atoms with E-state index >= 15 is 0 Å². The molecular formula is C24H29FN6O2. The molecule has 0 saturated carbocycles. The van der Waals surface area contributed by atoms with Crippen LogP contribution < -0.4 is 9.64 Å². The highest BCUT2D eigenvalue weighted by atomic mass is 19.1. The van der Waals surface area contributed by atoms with E-state index in [1.807, 2.05) is 28.9 Å². The molecule has 3 aromatic rings. The monoisotopic (exact) mass is 452 g/mol. The third-order valence-electron chi connectivity index (χ3n) is 6.51. The quantitative estimate of drug-likeness (QED) is 0.546. The van der Waals surface area contributed by atoms with E-state index in [2.05, 4.69) is 37.5 Å². The molecule has 0 N–H and O–H groups in total. The van der Waals surface area contributed by atoms with Crippen LogP contribution in [0.25, 0.3) is 0 Å². The Morgan fingerprint density at radius 2 is 1.82 bits per heavy atom. The summed E-state index contributed by atoms with van der Waals surface area (Å²) in [6.07, 6.45) is 2.21. The van der Waals surface area contributed by atoms with Gasteiger partial charge in [-0.15, -0.1) is 5.10 Å². The summed E-state index contributed by atoms with van der Waals surface area (Å²) in [4.78, 5) is 4.75. The molecule has 3 heterocycles. The van der Waals surface area contributed by atoms with E-state index < -0.39 is 0 Å². The summed E-state index contributed by atoms with van der Waals surface area (Å²) in [6, 6.07) is 14.7. The van der Waals surface area contributed by atoms with Crippen molar-refractivity contribution in [1.82, 2.24) is 25.1 Å². The molecule has 5 rings (SSSR count). The van der Waals surface area contributed by atoms with Crippen molar-refractivity contribution in [3.63, 3.8) is 0 Å². The van der Waals surface area contributed by atoms with Crippen LogP contribution in [0.2, 0.25) is 0 Å². The number of piperazine rings is 1. The fourth-order valence-electron chi connectivity index (χ4n) is 4.72. The highest BCUT2D eigenvalue weighted by Gasteiger charge is 2.31. The maximum absolute atomic E-state index is 13.7. The van der Waals surface area contributed by atoms with Crippen molar-refractivity contribution in [2.75, 3.05) is 44.8 Å². The average Bonchev–Trinajstić information content (AvgIpc) is 3.54. The Labute approximate surface area is 192 Å². The zero-order chi connectivity index (χ0) is 22.6. The molecule has 2 aromatic carbocycles. The molecular weight excluding hydrogens is 423 g/mol. The van der Waals surface area contributed by atoms with Crippen LogP contribution in [0.1, 0.15) is 30.3 Å². The minimum atomic E-state index is -0.249. The van der Waals surface area contributed by atoms with Crippen LogP contribution in [-0.4, -0.2) is 71.1 Å². The lowest BCUT2D eigenvalue weighted by molar-refractivity contribution is 0.0906. The maximum atomic E-state index is 13.7. The van der Waals surface area contributed by atoms with E-state index in [0.717, 1.165) is 62.8 Å². The molecule has 1 aromatic heterocycles. The SMILES string of the molecule is COc1ccc(N2CCN([C@@H](c3ccc(F)cc3)c3nnnn3C[C@H]3CCCO3)CC2)cc1. The van der Waals surface area contributed by atoms with Gasteiger partial charge in [-0.3, -0.25) is 4.90 Å². The molecule has 2 aliphatic rings. The van der Waals surface area contributed by atoms with Gasteiger partial charge in [-0.05, 0) is 65.2 Å². The molecule has 2 fully saturated rings. The van der Waals surface area contributed by atoms with Crippen LogP contribution in [0.5, 0.6) is 5.75 Å².